The van der Waals surface area contributed by atoms with Gasteiger partial charge in [0.1, 0.15) is 6.04 Å². The number of carbonyl (C=O) groups is 1. The molecule has 0 amide bonds. The fourth-order valence-corrected chi connectivity index (χ4v) is 1.53. The van der Waals surface area contributed by atoms with E-state index in [0.717, 1.165) is 5.75 Å². The van der Waals surface area contributed by atoms with Gasteiger partial charge in [0.05, 0.1) is 0 Å². The zero-order valence-corrected chi connectivity index (χ0v) is 11.3. The summed E-state index contributed by atoms with van der Waals surface area (Å²) in [7, 11) is -6.40. The minimum absolute atomic E-state index is 0.552. The number of carboxylic acids is 1. The molecule has 0 aromatic heterocycles. The molecule has 0 spiro atoms. The third kappa shape index (κ3) is 16.5. The molecule has 5 N–H and O–H groups in total. The molecule has 3 atom stereocenters. The zero-order chi connectivity index (χ0) is 13.1. The van der Waals surface area contributed by atoms with Gasteiger partial charge in [0.25, 0.3) is 0 Å². The Morgan fingerprint density at radius 2 is 1.88 bits per heavy atom. The summed E-state index contributed by atoms with van der Waals surface area (Å²) in [5, 5.41) is 8.27. The Balaban J connectivity index is 0. The molecule has 0 saturated heterocycles. The Hall–Kier alpha value is 0.120. The highest BCUT2D eigenvalue weighted by Gasteiger charge is 2.08. The SMILES string of the molecule is CSCCC(N)C(=O)O.O=[PH](O)O[PH](=O)O. The van der Waals surface area contributed by atoms with Gasteiger partial charge in [-0.15, -0.1) is 0 Å². The van der Waals surface area contributed by atoms with Crippen LogP contribution in [0.3, 0.4) is 0 Å². The first-order valence-corrected chi connectivity index (χ1v) is 7.84. The third-order valence-corrected chi connectivity index (χ3v) is 3.17. The third-order valence-electron chi connectivity index (χ3n) is 1.12. The Morgan fingerprint density at radius 3 is 2.06 bits per heavy atom. The number of hydrogen-bond donors (Lipinski definition) is 4. The van der Waals surface area contributed by atoms with Crippen LogP contribution in [0.2, 0.25) is 0 Å². The average molecular weight is 295 g/mol. The van der Waals surface area contributed by atoms with E-state index in [9.17, 15) is 13.9 Å². The fourth-order valence-electron chi connectivity index (χ4n) is 0.443. The van der Waals surface area contributed by atoms with Crippen molar-refractivity contribution >= 4 is 34.2 Å². The molecule has 0 radical (unpaired) electrons. The zero-order valence-electron chi connectivity index (χ0n) is 8.45. The van der Waals surface area contributed by atoms with Crippen molar-refractivity contribution in [2.45, 2.75) is 12.5 Å². The number of thioether (sulfide) groups is 1. The van der Waals surface area contributed by atoms with Crippen molar-refractivity contribution < 1.29 is 33.1 Å². The Labute approximate surface area is 98.1 Å². The summed E-state index contributed by atoms with van der Waals surface area (Å²) < 4.78 is 22.3. The lowest BCUT2D eigenvalue weighted by Gasteiger charge is -2.02. The lowest BCUT2D eigenvalue weighted by Crippen LogP contribution is -2.30. The second-order valence-corrected chi connectivity index (χ2v) is 5.23. The fraction of sp³-hybridized carbons (Fsp3) is 0.800. The van der Waals surface area contributed by atoms with E-state index in [1.807, 2.05) is 6.26 Å². The van der Waals surface area contributed by atoms with Gasteiger partial charge in [0.15, 0.2) is 0 Å². The van der Waals surface area contributed by atoms with Crippen molar-refractivity contribution in [1.29, 1.82) is 0 Å². The van der Waals surface area contributed by atoms with E-state index in [-0.39, 0.29) is 0 Å². The number of rotatable bonds is 6. The number of carboxylic acid groups (broad SMARTS) is 1. The van der Waals surface area contributed by atoms with E-state index < -0.39 is 28.5 Å². The first kappa shape index (κ1) is 18.5. The number of hydrogen-bond acceptors (Lipinski definition) is 6. The van der Waals surface area contributed by atoms with Crippen molar-refractivity contribution in [1.82, 2.24) is 0 Å². The van der Waals surface area contributed by atoms with E-state index in [2.05, 4.69) is 4.31 Å². The van der Waals surface area contributed by atoms with Gasteiger partial charge in [0.2, 0.25) is 0 Å². The second kappa shape index (κ2) is 11.6. The minimum Gasteiger partial charge on any atom is -0.480 e. The van der Waals surface area contributed by atoms with Crippen LogP contribution in [0.25, 0.3) is 0 Å². The molecular formula is C5H15NO7P2S. The van der Waals surface area contributed by atoms with E-state index in [0.29, 0.717) is 6.42 Å². The highest BCUT2D eigenvalue weighted by Crippen LogP contribution is 2.30. The molecule has 0 aliphatic carbocycles. The molecular weight excluding hydrogens is 280 g/mol. The first-order chi connectivity index (χ1) is 7.31. The molecule has 0 bridgehead atoms. The minimum atomic E-state index is -3.20. The largest absolute Gasteiger partial charge is 0.480 e. The standard InChI is InChI=1S/C5H11NO2S.H4O5P2/c1-9-3-2-4(6)5(7)8;1-6(2)5-7(3)4/h4H,2-3,6H2,1H3,(H,7,8);6-7H,(H,1,2)(H,3,4). The van der Waals surface area contributed by atoms with Crippen LogP contribution in [0.4, 0.5) is 0 Å². The highest BCUT2D eigenvalue weighted by molar-refractivity contribution is 7.98. The van der Waals surface area contributed by atoms with Crippen molar-refractivity contribution in [3.8, 4) is 0 Å². The summed E-state index contributed by atoms with van der Waals surface area (Å²) >= 11 is 1.60. The molecule has 0 saturated carbocycles. The average Bonchev–Trinajstić information content (AvgIpc) is 2.12. The summed E-state index contributed by atoms with van der Waals surface area (Å²) in [4.78, 5) is 25.5. The van der Waals surface area contributed by atoms with Crippen LogP contribution in [-0.2, 0) is 18.2 Å². The molecule has 0 aromatic carbocycles. The molecule has 11 heteroatoms. The molecule has 98 valence electrons. The second-order valence-electron chi connectivity index (χ2n) is 2.36. The van der Waals surface area contributed by atoms with Gasteiger partial charge in [-0.2, -0.15) is 11.8 Å². The van der Waals surface area contributed by atoms with E-state index in [1.54, 1.807) is 11.8 Å². The molecule has 3 unspecified atom stereocenters. The maximum Gasteiger partial charge on any atom is 0.323 e. The van der Waals surface area contributed by atoms with Crippen molar-refractivity contribution in [3.63, 3.8) is 0 Å². The topological polar surface area (TPSA) is 147 Å². The maximum atomic E-state index is 10.1. The molecule has 0 fully saturated rings. The molecule has 8 nitrogen and oxygen atoms in total. The van der Waals surface area contributed by atoms with Gasteiger partial charge in [-0.1, -0.05) is 0 Å². The quantitative estimate of drug-likeness (QED) is 0.494. The Morgan fingerprint density at radius 1 is 1.44 bits per heavy atom. The summed E-state index contributed by atoms with van der Waals surface area (Å²) in [5.41, 5.74) is 5.19. The normalized spacial score (nSPS) is 15.5. The van der Waals surface area contributed by atoms with Gasteiger partial charge >= 0.3 is 22.5 Å². The smallest absolute Gasteiger partial charge is 0.323 e. The molecule has 0 rings (SSSR count). The first-order valence-electron chi connectivity index (χ1n) is 3.92. The Bertz CT molecular complexity index is 239. The van der Waals surface area contributed by atoms with Gasteiger partial charge in [-0.3, -0.25) is 13.9 Å². The molecule has 0 heterocycles. The van der Waals surface area contributed by atoms with E-state index >= 15 is 0 Å². The monoisotopic (exact) mass is 295 g/mol. The highest BCUT2D eigenvalue weighted by atomic mass is 32.2. The summed E-state index contributed by atoms with van der Waals surface area (Å²) in [5.74, 6) is -0.1000. The van der Waals surface area contributed by atoms with Gasteiger partial charge in [-0.05, 0) is 18.4 Å². The predicted octanol–water partition coefficient (Wildman–Crippen LogP) is -0.0816. The molecule has 0 aromatic rings. The van der Waals surface area contributed by atoms with Crippen LogP contribution in [0.15, 0.2) is 0 Å². The maximum absolute atomic E-state index is 10.1. The van der Waals surface area contributed by atoms with Crippen LogP contribution < -0.4 is 5.73 Å². The van der Waals surface area contributed by atoms with Crippen LogP contribution in [-0.4, -0.2) is 38.9 Å². The molecule has 0 aliphatic heterocycles. The van der Waals surface area contributed by atoms with Crippen molar-refractivity contribution in [3.05, 3.63) is 0 Å². The van der Waals surface area contributed by atoms with Crippen LogP contribution in [0.5, 0.6) is 0 Å². The molecule has 16 heavy (non-hydrogen) atoms. The lowest BCUT2D eigenvalue weighted by atomic mass is 10.2. The molecule has 0 aliphatic rings. The number of nitrogens with two attached hydrogens (primary N) is 1. The Kier molecular flexibility index (Phi) is 13.4. The summed E-state index contributed by atoms with van der Waals surface area (Å²) in [6.07, 6.45) is 2.48. The predicted molar refractivity (Wildman–Crippen MR) is 62.1 cm³/mol. The van der Waals surface area contributed by atoms with E-state index in [4.69, 9.17) is 20.6 Å². The van der Waals surface area contributed by atoms with Crippen LogP contribution >= 0.6 is 28.3 Å². The van der Waals surface area contributed by atoms with Crippen LogP contribution in [0, 0.1) is 0 Å². The number of aliphatic carboxylic acids is 1. The van der Waals surface area contributed by atoms with Crippen LogP contribution in [0.1, 0.15) is 6.42 Å². The van der Waals surface area contributed by atoms with Gasteiger partial charge in [0, 0.05) is 0 Å². The van der Waals surface area contributed by atoms with Crippen molar-refractivity contribution in [2.75, 3.05) is 12.0 Å². The van der Waals surface area contributed by atoms with Gasteiger partial charge in [-0.25, -0.2) is 4.31 Å². The van der Waals surface area contributed by atoms with Gasteiger partial charge < -0.3 is 20.6 Å². The van der Waals surface area contributed by atoms with Crippen molar-refractivity contribution in [2.24, 2.45) is 5.73 Å². The van der Waals surface area contributed by atoms with E-state index in [1.165, 1.54) is 0 Å². The summed E-state index contributed by atoms with van der Waals surface area (Å²) in [6, 6.07) is -0.683. The summed E-state index contributed by atoms with van der Waals surface area (Å²) in [6.45, 7) is 0. The lowest BCUT2D eigenvalue weighted by molar-refractivity contribution is -0.138.